The maximum absolute atomic E-state index is 13.1. The van der Waals surface area contributed by atoms with Crippen LogP contribution in [0.1, 0.15) is 58.8 Å². The van der Waals surface area contributed by atoms with Crippen molar-refractivity contribution in [2.75, 3.05) is 39.3 Å². The fourth-order valence-electron chi connectivity index (χ4n) is 4.40. The lowest BCUT2D eigenvalue weighted by atomic mass is 10.0. The first-order chi connectivity index (χ1) is 24.9. The zero-order valence-electron chi connectivity index (χ0n) is 30.3. The van der Waals surface area contributed by atoms with Crippen molar-refractivity contribution in [2.45, 2.75) is 89.0 Å². The number of hydrogen-bond donors (Lipinski definition) is 14. The van der Waals surface area contributed by atoms with Crippen LogP contribution in [0, 0.1) is 5.92 Å². The highest BCUT2D eigenvalue weighted by Crippen LogP contribution is 2.04. The van der Waals surface area contributed by atoms with Gasteiger partial charge in [0, 0.05) is 13.1 Å². The normalized spacial score (nSPS) is 13.5. The molecule has 23 nitrogen and oxygen atoms in total. The molecule has 0 aliphatic carbocycles. The fraction of sp³-hybridized carbons (Fsp3) is 0.700. The lowest BCUT2D eigenvalue weighted by molar-refractivity contribution is -0.142. The second-order valence-corrected chi connectivity index (χ2v) is 12.3. The van der Waals surface area contributed by atoms with Crippen LogP contribution < -0.4 is 66.3 Å². The fourth-order valence-corrected chi connectivity index (χ4v) is 4.40. The molecule has 0 fully saturated rings. The summed E-state index contributed by atoms with van der Waals surface area (Å²) in [4.78, 5) is 95.8. The van der Waals surface area contributed by atoms with Crippen molar-refractivity contribution in [3.05, 3.63) is 0 Å². The number of carboxylic acids is 1. The number of nitrogens with zero attached hydrogens (tertiary/aromatic N) is 2. The molecular weight excluding hydrogens is 700 g/mol. The van der Waals surface area contributed by atoms with Crippen molar-refractivity contribution in [3.8, 4) is 0 Å². The second kappa shape index (κ2) is 26.5. The minimum absolute atomic E-state index is 0.0110. The molecule has 0 saturated carbocycles. The Bertz CT molecular complexity index is 1270. The van der Waals surface area contributed by atoms with Gasteiger partial charge in [-0.1, -0.05) is 13.8 Å². The van der Waals surface area contributed by atoms with Gasteiger partial charge in [0.05, 0.1) is 25.7 Å². The third kappa shape index (κ3) is 21.6. The molecule has 0 spiro atoms. The summed E-state index contributed by atoms with van der Waals surface area (Å²) in [6.07, 6.45) is 1.62. The molecule has 0 heterocycles. The number of nitrogens with one attached hydrogen (secondary N) is 6. The van der Waals surface area contributed by atoms with Gasteiger partial charge in [0.15, 0.2) is 11.9 Å². The number of aliphatic hydroxyl groups excluding tert-OH is 1. The minimum atomic E-state index is -1.53. The quantitative estimate of drug-likeness (QED) is 0.0210. The third-order valence-corrected chi connectivity index (χ3v) is 7.44. The van der Waals surface area contributed by atoms with E-state index in [4.69, 9.17) is 34.4 Å². The van der Waals surface area contributed by atoms with E-state index in [2.05, 4.69) is 41.9 Å². The minimum Gasteiger partial charge on any atom is -0.480 e. The van der Waals surface area contributed by atoms with Gasteiger partial charge in [-0.15, -0.1) is 0 Å². The largest absolute Gasteiger partial charge is 0.480 e. The number of rotatable bonds is 27. The Kier molecular flexibility index (Phi) is 23.8. The standard InChI is InChI=1S/C30H58N14O9/c1-16(2)23(32)27(51)43-18(9-6-12-38-30(35)36)25(49)40-13-21(46)41-17(8-5-11-37-29(33)34)24(48)39-14-22(47)42-20(15-45)26(50)44-19(28(52)53)7-3-4-10-31/h16-20,23,45H,3-15,31-32H2,1-2H3,(H,39,48)(H,40,49)(H,41,46)(H,42,47)(H,43,51)(H,44,50)(H,52,53)(H4,33,34,37)(H4,35,36,38)/t17-,18-,19-,20-,23-/m0/s1. The zero-order chi connectivity index (χ0) is 40.5. The van der Waals surface area contributed by atoms with Crippen molar-refractivity contribution in [2.24, 2.45) is 50.3 Å². The first kappa shape index (κ1) is 47.7. The predicted molar refractivity (Wildman–Crippen MR) is 194 cm³/mol. The Labute approximate surface area is 307 Å². The van der Waals surface area contributed by atoms with Crippen LogP contribution in [0.3, 0.4) is 0 Å². The highest BCUT2D eigenvalue weighted by atomic mass is 16.4. The number of aliphatic hydroxyl groups is 1. The predicted octanol–water partition coefficient (Wildman–Crippen LogP) is -6.55. The molecule has 20 N–H and O–H groups in total. The van der Waals surface area contributed by atoms with Crippen LogP contribution in [-0.2, 0) is 33.6 Å². The molecular formula is C30H58N14O9. The molecule has 0 aromatic carbocycles. The summed E-state index contributed by atoms with van der Waals surface area (Å²) in [5.74, 6) is -6.68. The summed E-state index contributed by atoms with van der Waals surface area (Å²) in [7, 11) is 0. The maximum atomic E-state index is 13.1. The van der Waals surface area contributed by atoms with E-state index in [-0.39, 0.29) is 56.6 Å². The molecule has 0 aliphatic heterocycles. The van der Waals surface area contributed by atoms with Crippen LogP contribution in [0.15, 0.2) is 9.98 Å². The molecule has 0 aromatic heterocycles. The highest BCUT2D eigenvalue weighted by molar-refractivity contribution is 5.95. The summed E-state index contributed by atoms with van der Waals surface area (Å²) < 4.78 is 0. The number of hydrogen-bond acceptors (Lipinski definition) is 12. The lowest BCUT2D eigenvalue weighted by Crippen LogP contribution is -2.56. The van der Waals surface area contributed by atoms with E-state index in [0.29, 0.717) is 25.8 Å². The summed E-state index contributed by atoms with van der Waals surface area (Å²) in [5.41, 5.74) is 32.7. The average Bonchev–Trinajstić information content (AvgIpc) is 3.09. The van der Waals surface area contributed by atoms with Gasteiger partial charge in [-0.05, 0) is 57.4 Å². The van der Waals surface area contributed by atoms with Gasteiger partial charge < -0.3 is 76.5 Å². The van der Waals surface area contributed by atoms with Gasteiger partial charge in [0.25, 0.3) is 0 Å². The topological polar surface area (TPSA) is 413 Å². The SMILES string of the molecule is CC(C)[C@H](N)C(=O)N[C@@H](CCCN=C(N)N)C(=O)NCC(=O)N[C@@H](CCCN=C(N)N)C(=O)NCC(=O)N[C@@H](CO)C(=O)N[C@@H](CCCCN)C(=O)O. The summed E-state index contributed by atoms with van der Waals surface area (Å²) in [6, 6.07) is -6.06. The molecule has 302 valence electrons. The Morgan fingerprint density at radius 3 is 1.45 bits per heavy atom. The summed E-state index contributed by atoms with van der Waals surface area (Å²) in [6.45, 7) is 1.88. The van der Waals surface area contributed by atoms with Crippen molar-refractivity contribution in [3.63, 3.8) is 0 Å². The van der Waals surface area contributed by atoms with E-state index < -0.39 is 91.3 Å². The number of guanidine groups is 2. The molecule has 53 heavy (non-hydrogen) atoms. The number of carbonyl (C=O) groups is 7. The number of amides is 6. The van der Waals surface area contributed by atoms with Crippen LogP contribution in [0.4, 0.5) is 0 Å². The molecule has 0 saturated heterocycles. The van der Waals surface area contributed by atoms with Crippen LogP contribution in [0.25, 0.3) is 0 Å². The van der Waals surface area contributed by atoms with Gasteiger partial charge >= 0.3 is 5.97 Å². The van der Waals surface area contributed by atoms with E-state index in [9.17, 15) is 43.8 Å². The van der Waals surface area contributed by atoms with Crippen molar-refractivity contribution < 1.29 is 43.8 Å². The first-order valence-corrected chi connectivity index (χ1v) is 17.1. The monoisotopic (exact) mass is 758 g/mol. The number of unbranched alkanes of at least 4 members (excludes halogenated alkanes) is 1. The van der Waals surface area contributed by atoms with Gasteiger partial charge in [0.2, 0.25) is 35.4 Å². The van der Waals surface area contributed by atoms with E-state index in [1.54, 1.807) is 13.8 Å². The van der Waals surface area contributed by atoms with Gasteiger partial charge in [-0.2, -0.15) is 0 Å². The van der Waals surface area contributed by atoms with Crippen molar-refractivity contribution >= 4 is 53.3 Å². The molecule has 0 aliphatic rings. The number of carboxylic acid groups (broad SMARTS) is 1. The van der Waals surface area contributed by atoms with Gasteiger partial charge in [0.1, 0.15) is 24.2 Å². The number of aliphatic imine (C=N–C) groups is 2. The molecule has 0 radical (unpaired) electrons. The summed E-state index contributed by atoms with van der Waals surface area (Å²) >= 11 is 0. The van der Waals surface area contributed by atoms with Gasteiger partial charge in [-0.3, -0.25) is 38.8 Å². The van der Waals surface area contributed by atoms with Crippen LogP contribution in [-0.4, -0.2) is 133 Å². The lowest BCUT2D eigenvalue weighted by Gasteiger charge is -2.22. The van der Waals surface area contributed by atoms with Crippen LogP contribution in [0.2, 0.25) is 0 Å². The van der Waals surface area contributed by atoms with E-state index in [1.165, 1.54) is 0 Å². The maximum Gasteiger partial charge on any atom is 0.326 e. The average molecular weight is 759 g/mol. The van der Waals surface area contributed by atoms with Crippen LogP contribution in [0.5, 0.6) is 0 Å². The second-order valence-electron chi connectivity index (χ2n) is 12.3. The highest BCUT2D eigenvalue weighted by Gasteiger charge is 2.28. The number of nitrogens with two attached hydrogens (primary N) is 6. The molecule has 0 rings (SSSR count). The third-order valence-electron chi connectivity index (χ3n) is 7.44. The van der Waals surface area contributed by atoms with Crippen molar-refractivity contribution in [1.82, 2.24) is 31.9 Å². The van der Waals surface area contributed by atoms with E-state index in [1.807, 2.05) is 0 Å². The van der Waals surface area contributed by atoms with Crippen LogP contribution >= 0.6 is 0 Å². The van der Waals surface area contributed by atoms with Gasteiger partial charge in [-0.25, -0.2) is 4.79 Å². The zero-order valence-corrected chi connectivity index (χ0v) is 30.3. The smallest absolute Gasteiger partial charge is 0.326 e. The summed E-state index contributed by atoms with van der Waals surface area (Å²) in [5, 5.41) is 33.2. The van der Waals surface area contributed by atoms with E-state index in [0.717, 1.165) is 0 Å². The molecule has 0 aromatic rings. The Hall–Kier alpha value is -5.29. The molecule has 6 amide bonds. The first-order valence-electron chi connectivity index (χ1n) is 17.1. The number of carbonyl (C=O) groups excluding carboxylic acids is 6. The van der Waals surface area contributed by atoms with Crippen molar-refractivity contribution in [1.29, 1.82) is 0 Å². The molecule has 23 heteroatoms. The molecule has 0 unspecified atom stereocenters. The molecule has 5 atom stereocenters. The Morgan fingerprint density at radius 2 is 1.04 bits per heavy atom. The van der Waals surface area contributed by atoms with E-state index >= 15 is 0 Å². The Balaban J connectivity index is 5.49. The number of aliphatic carboxylic acids is 1. The Morgan fingerprint density at radius 1 is 0.604 bits per heavy atom. The molecule has 0 bridgehead atoms.